The molecule has 126 valence electrons. The van der Waals surface area contributed by atoms with Gasteiger partial charge in [0.05, 0.1) is 5.02 Å². The van der Waals surface area contributed by atoms with Gasteiger partial charge in [-0.05, 0) is 30.9 Å². The van der Waals surface area contributed by atoms with Crippen molar-refractivity contribution in [2.24, 2.45) is 5.92 Å². The predicted octanol–water partition coefficient (Wildman–Crippen LogP) is 2.92. The quantitative estimate of drug-likeness (QED) is 0.917. The summed E-state index contributed by atoms with van der Waals surface area (Å²) >= 11 is 6.14. The van der Waals surface area contributed by atoms with Crippen LogP contribution in [0.15, 0.2) is 12.1 Å². The number of halogens is 1. The average Bonchev–Trinajstić information content (AvgIpc) is 2.97. The smallest absolute Gasteiger partial charge is 0.251 e. The van der Waals surface area contributed by atoms with E-state index in [9.17, 15) is 4.79 Å². The first-order valence-corrected chi connectivity index (χ1v) is 8.53. The maximum absolute atomic E-state index is 12.4. The molecular formula is C17H23ClN2O3. The number of fused-ring (bicyclic) bond motifs is 1. The molecule has 0 saturated carbocycles. The van der Waals surface area contributed by atoms with Gasteiger partial charge in [-0.1, -0.05) is 25.4 Å². The standard InChI is InChI=1S/C17H23ClN2O3/c1-11(2)9-20-5-3-13(4-6-20)19-17(21)12-7-14(18)16-15(8-12)22-10-23-16/h7-8,11,13H,3-6,9-10H2,1-2H3,(H,19,21). The minimum atomic E-state index is -0.104. The lowest BCUT2D eigenvalue weighted by Gasteiger charge is -2.33. The van der Waals surface area contributed by atoms with E-state index in [1.807, 2.05) is 0 Å². The van der Waals surface area contributed by atoms with Gasteiger partial charge in [0, 0.05) is 31.2 Å². The third-order valence-corrected chi connectivity index (χ3v) is 4.52. The fourth-order valence-electron chi connectivity index (χ4n) is 3.14. The summed E-state index contributed by atoms with van der Waals surface area (Å²) in [4.78, 5) is 14.9. The number of ether oxygens (including phenoxy) is 2. The van der Waals surface area contributed by atoms with Crippen LogP contribution in [0.3, 0.4) is 0 Å². The number of carbonyl (C=O) groups is 1. The Kier molecular flexibility index (Phi) is 4.97. The van der Waals surface area contributed by atoms with Crippen molar-refractivity contribution >= 4 is 17.5 Å². The molecule has 5 nitrogen and oxygen atoms in total. The van der Waals surface area contributed by atoms with Crippen molar-refractivity contribution in [2.75, 3.05) is 26.4 Å². The van der Waals surface area contributed by atoms with E-state index in [1.54, 1.807) is 12.1 Å². The zero-order chi connectivity index (χ0) is 16.4. The van der Waals surface area contributed by atoms with Gasteiger partial charge in [0.15, 0.2) is 11.5 Å². The molecule has 1 N–H and O–H groups in total. The summed E-state index contributed by atoms with van der Waals surface area (Å²) in [6, 6.07) is 3.55. The van der Waals surface area contributed by atoms with Crippen LogP contribution in [0.4, 0.5) is 0 Å². The zero-order valence-electron chi connectivity index (χ0n) is 13.6. The summed E-state index contributed by atoms with van der Waals surface area (Å²) in [5.41, 5.74) is 0.517. The highest BCUT2D eigenvalue weighted by molar-refractivity contribution is 6.32. The molecule has 1 aromatic carbocycles. The number of rotatable bonds is 4. The Balaban J connectivity index is 1.57. The molecule has 23 heavy (non-hydrogen) atoms. The number of piperidine rings is 1. The Morgan fingerprint density at radius 2 is 2.09 bits per heavy atom. The molecular weight excluding hydrogens is 316 g/mol. The summed E-state index contributed by atoms with van der Waals surface area (Å²) in [7, 11) is 0. The number of benzene rings is 1. The van der Waals surface area contributed by atoms with E-state index in [4.69, 9.17) is 21.1 Å². The van der Waals surface area contributed by atoms with Gasteiger partial charge in [-0.15, -0.1) is 0 Å². The van der Waals surface area contributed by atoms with Gasteiger partial charge in [-0.2, -0.15) is 0 Å². The molecule has 2 aliphatic heterocycles. The summed E-state index contributed by atoms with van der Waals surface area (Å²) in [6.45, 7) is 7.80. The van der Waals surface area contributed by atoms with Crippen LogP contribution < -0.4 is 14.8 Å². The predicted molar refractivity (Wildman–Crippen MR) is 89.3 cm³/mol. The van der Waals surface area contributed by atoms with Crippen LogP contribution in [0.1, 0.15) is 37.0 Å². The molecule has 3 rings (SSSR count). The number of likely N-dealkylation sites (tertiary alicyclic amines) is 1. The third kappa shape index (κ3) is 3.90. The highest BCUT2D eigenvalue weighted by atomic mass is 35.5. The van der Waals surface area contributed by atoms with Crippen LogP contribution in [0, 0.1) is 5.92 Å². The van der Waals surface area contributed by atoms with E-state index in [2.05, 4.69) is 24.1 Å². The van der Waals surface area contributed by atoms with E-state index < -0.39 is 0 Å². The van der Waals surface area contributed by atoms with E-state index in [0.717, 1.165) is 32.5 Å². The lowest BCUT2D eigenvalue weighted by Crippen LogP contribution is -2.45. The molecule has 2 heterocycles. The van der Waals surface area contributed by atoms with Crippen LogP contribution in [-0.4, -0.2) is 43.3 Å². The molecule has 0 aromatic heterocycles. The van der Waals surface area contributed by atoms with Gasteiger partial charge in [-0.25, -0.2) is 0 Å². The Labute approximate surface area is 141 Å². The monoisotopic (exact) mass is 338 g/mol. The lowest BCUT2D eigenvalue weighted by molar-refractivity contribution is 0.0907. The second-order valence-electron chi connectivity index (χ2n) is 6.63. The van der Waals surface area contributed by atoms with Crippen LogP contribution in [0.2, 0.25) is 5.02 Å². The summed E-state index contributed by atoms with van der Waals surface area (Å²) in [5, 5.41) is 3.52. The maximum Gasteiger partial charge on any atom is 0.251 e. The maximum atomic E-state index is 12.4. The third-order valence-electron chi connectivity index (χ3n) is 4.24. The van der Waals surface area contributed by atoms with Gasteiger partial charge < -0.3 is 19.7 Å². The van der Waals surface area contributed by atoms with Crippen molar-refractivity contribution in [3.05, 3.63) is 22.7 Å². The van der Waals surface area contributed by atoms with Crippen molar-refractivity contribution in [1.29, 1.82) is 0 Å². The second kappa shape index (κ2) is 6.97. The minimum Gasteiger partial charge on any atom is -0.454 e. The van der Waals surface area contributed by atoms with Crippen molar-refractivity contribution in [1.82, 2.24) is 10.2 Å². The van der Waals surface area contributed by atoms with Crippen molar-refractivity contribution in [3.63, 3.8) is 0 Å². The van der Waals surface area contributed by atoms with Gasteiger partial charge in [0.1, 0.15) is 0 Å². The molecule has 1 saturated heterocycles. The number of carbonyl (C=O) groups excluding carboxylic acids is 1. The normalized spacial score (nSPS) is 18.4. The van der Waals surface area contributed by atoms with Crippen molar-refractivity contribution < 1.29 is 14.3 Å². The Bertz CT molecular complexity index is 583. The first-order chi connectivity index (χ1) is 11.0. The van der Waals surface area contributed by atoms with Crippen molar-refractivity contribution in [2.45, 2.75) is 32.7 Å². The van der Waals surface area contributed by atoms with E-state index in [0.29, 0.717) is 28.0 Å². The van der Waals surface area contributed by atoms with Crippen LogP contribution in [0.25, 0.3) is 0 Å². The molecule has 0 aliphatic carbocycles. The fraction of sp³-hybridized carbons (Fsp3) is 0.588. The van der Waals surface area contributed by atoms with Gasteiger partial charge >= 0.3 is 0 Å². The fourth-order valence-corrected chi connectivity index (χ4v) is 3.41. The topological polar surface area (TPSA) is 50.8 Å². The van der Waals surface area contributed by atoms with Crippen molar-refractivity contribution in [3.8, 4) is 11.5 Å². The van der Waals surface area contributed by atoms with E-state index >= 15 is 0 Å². The molecule has 1 amide bonds. The molecule has 0 bridgehead atoms. The first kappa shape index (κ1) is 16.4. The second-order valence-corrected chi connectivity index (χ2v) is 7.04. The molecule has 0 spiro atoms. The highest BCUT2D eigenvalue weighted by Gasteiger charge is 2.24. The average molecular weight is 339 g/mol. The number of hydrogen-bond donors (Lipinski definition) is 1. The Morgan fingerprint density at radius 1 is 1.35 bits per heavy atom. The first-order valence-electron chi connectivity index (χ1n) is 8.15. The van der Waals surface area contributed by atoms with Crippen LogP contribution in [-0.2, 0) is 0 Å². The molecule has 2 aliphatic rings. The Morgan fingerprint density at radius 3 is 2.78 bits per heavy atom. The highest BCUT2D eigenvalue weighted by Crippen LogP contribution is 2.39. The number of nitrogens with one attached hydrogen (secondary N) is 1. The number of amides is 1. The summed E-state index contributed by atoms with van der Waals surface area (Å²) < 4.78 is 10.6. The molecule has 1 fully saturated rings. The summed E-state index contributed by atoms with van der Waals surface area (Å²) in [6.07, 6.45) is 1.97. The van der Waals surface area contributed by atoms with E-state index in [1.165, 1.54) is 0 Å². The molecule has 0 radical (unpaired) electrons. The van der Waals surface area contributed by atoms with Crippen LogP contribution >= 0.6 is 11.6 Å². The SMILES string of the molecule is CC(C)CN1CCC(NC(=O)c2cc(Cl)c3c(c2)OCO3)CC1. The lowest BCUT2D eigenvalue weighted by atomic mass is 10.0. The summed E-state index contributed by atoms with van der Waals surface area (Å²) in [5.74, 6) is 1.63. The largest absolute Gasteiger partial charge is 0.454 e. The minimum absolute atomic E-state index is 0.104. The Hall–Kier alpha value is -1.46. The molecule has 6 heteroatoms. The van der Waals surface area contributed by atoms with Gasteiger partial charge in [0.2, 0.25) is 6.79 Å². The zero-order valence-corrected chi connectivity index (χ0v) is 14.4. The molecule has 0 atom stereocenters. The number of hydrogen-bond acceptors (Lipinski definition) is 4. The van der Waals surface area contributed by atoms with Gasteiger partial charge in [0.25, 0.3) is 5.91 Å². The van der Waals surface area contributed by atoms with Gasteiger partial charge in [-0.3, -0.25) is 4.79 Å². The molecule has 1 aromatic rings. The van der Waals surface area contributed by atoms with Crippen LogP contribution in [0.5, 0.6) is 11.5 Å². The molecule has 0 unspecified atom stereocenters. The number of nitrogens with zero attached hydrogens (tertiary/aromatic N) is 1. The van der Waals surface area contributed by atoms with E-state index in [-0.39, 0.29) is 18.7 Å².